The number of hydrogen-bond acceptors (Lipinski definition) is 9. The molecule has 0 radical (unpaired) electrons. The molecule has 0 bridgehead atoms. The Bertz CT molecular complexity index is 715. The van der Waals surface area contributed by atoms with E-state index in [-0.39, 0.29) is 48.3 Å². The Morgan fingerprint density at radius 1 is 1.11 bits per heavy atom. The number of rotatable bonds is 8. The summed E-state index contributed by atoms with van der Waals surface area (Å²) in [5.41, 5.74) is 6.88. The van der Waals surface area contributed by atoms with Gasteiger partial charge in [-0.1, -0.05) is 12.8 Å². The molecule has 10 nitrogen and oxygen atoms in total. The standard InChI is InChI=1S/C25H46ClN7O3/c26-19-6-2-5-18-20(8-12-36-23(18)19)30-25(35)16-3-1-4-17(13-16)28-14-22-31-32-24(33(22)10-11-34)21-7-9-27-15-29-21/h16-24,27-29,31-32,34H,1-15H2,(H,30,35)/t16?,17?,18?,19?,20-,21?,22?,23?,24?/m1/s1. The van der Waals surface area contributed by atoms with Crippen LogP contribution in [-0.4, -0.2) is 97.4 Å². The second kappa shape index (κ2) is 13.0. The zero-order valence-electron chi connectivity index (χ0n) is 21.4. The number of nitrogens with one attached hydrogen (secondary N) is 6. The van der Waals surface area contributed by atoms with Gasteiger partial charge in [-0.15, -0.1) is 11.6 Å². The maximum absolute atomic E-state index is 13.3. The number of alkyl halides is 1. The third kappa shape index (κ3) is 6.35. The molecule has 0 spiro atoms. The molecule has 5 fully saturated rings. The normalized spacial score (nSPS) is 42.1. The number of nitrogens with zero attached hydrogens (tertiary/aromatic N) is 1. The fourth-order valence-electron chi connectivity index (χ4n) is 7.09. The molecule has 0 aromatic rings. The number of amides is 1. The highest BCUT2D eigenvalue weighted by molar-refractivity contribution is 6.21. The molecular formula is C25H46ClN7O3. The van der Waals surface area contributed by atoms with Crippen molar-refractivity contribution in [3.8, 4) is 0 Å². The average molecular weight is 528 g/mol. The zero-order valence-corrected chi connectivity index (χ0v) is 22.1. The zero-order chi connectivity index (χ0) is 24.9. The van der Waals surface area contributed by atoms with Gasteiger partial charge in [-0.25, -0.2) is 10.9 Å². The summed E-state index contributed by atoms with van der Waals surface area (Å²) in [4.78, 5) is 15.6. The minimum atomic E-state index is 0.0582. The van der Waals surface area contributed by atoms with Gasteiger partial charge in [-0.2, -0.15) is 0 Å². The molecule has 3 aliphatic heterocycles. The monoisotopic (exact) mass is 527 g/mol. The van der Waals surface area contributed by atoms with E-state index in [9.17, 15) is 9.90 Å². The van der Waals surface area contributed by atoms with E-state index in [0.717, 1.165) is 77.5 Å². The average Bonchev–Trinajstić information content (AvgIpc) is 3.31. The maximum atomic E-state index is 13.3. The van der Waals surface area contributed by atoms with E-state index in [1.807, 2.05) is 0 Å². The second-order valence-electron chi connectivity index (χ2n) is 11.3. The van der Waals surface area contributed by atoms with Crippen LogP contribution in [0.3, 0.4) is 0 Å². The molecule has 9 atom stereocenters. The maximum Gasteiger partial charge on any atom is 0.223 e. The van der Waals surface area contributed by atoms with Gasteiger partial charge in [0.2, 0.25) is 5.91 Å². The van der Waals surface area contributed by atoms with E-state index in [1.165, 1.54) is 0 Å². The van der Waals surface area contributed by atoms with Crippen molar-refractivity contribution in [2.75, 3.05) is 39.5 Å². The molecule has 2 saturated carbocycles. The lowest BCUT2D eigenvalue weighted by Gasteiger charge is -2.44. The summed E-state index contributed by atoms with van der Waals surface area (Å²) in [5.74, 6) is 0.614. The van der Waals surface area contributed by atoms with Crippen molar-refractivity contribution in [2.24, 2.45) is 11.8 Å². The first-order chi connectivity index (χ1) is 17.6. The predicted octanol–water partition coefficient (Wildman–Crippen LogP) is -0.221. The Labute approximate surface area is 220 Å². The molecule has 8 unspecified atom stereocenters. The number of aliphatic hydroxyl groups is 1. The summed E-state index contributed by atoms with van der Waals surface area (Å²) >= 11 is 6.55. The highest BCUT2D eigenvalue weighted by Crippen LogP contribution is 2.37. The van der Waals surface area contributed by atoms with Crippen molar-refractivity contribution >= 4 is 17.5 Å². The van der Waals surface area contributed by atoms with E-state index in [2.05, 4.69) is 37.0 Å². The Morgan fingerprint density at radius 2 is 2.00 bits per heavy atom. The molecule has 0 aromatic carbocycles. The summed E-state index contributed by atoms with van der Waals surface area (Å²) in [6.07, 6.45) is 9.48. The first-order valence-electron chi connectivity index (χ1n) is 14.2. The van der Waals surface area contributed by atoms with Gasteiger partial charge < -0.3 is 25.8 Å². The summed E-state index contributed by atoms with van der Waals surface area (Å²) in [5, 5.41) is 23.8. The molecule has 1 amide bonds. The van der Waals surface area contributed by atoms with Crippen LogP contribution in [0.4, 0.5) is 0 Å². The van der Waals surface area contributed by atoms with E-state index >= 15 is 0 Å². The molecule has 206 valence electrons. The third-order valence-electron chi connectivity index (χ3n) is 9.04. The molecule has 0 aromatic heterocycles. The Hall–Kier alpha value is -0.560. The summed E-state index contributed by atoms with van der Waals surface area (Å²) in [6, 6.07) is 0.848. The topological polar surface area (TPSA) is 122 Å². The van der Waals surface area contributed by atoms with Crippen molar-refractivity contribution in [1.29, 1.82) is 0 Å². The molecule has 2 aliphatic carbocycles. The highest BCUT2D eigenvalue weighted by Gasteiger charge is 2.42. The number of halogens is 1. The van der Waals surface area contributed by atoms with Gasteiger partial charge in [0.25, 0.3) is 0 Å². The van der Waals surface area contributed by atoms with Gasteiger partial charge in [0.1, 0.15) is 0 Å². The molecule has 11 heteroatoms. The quantitative estimate of drug-likeness (QED) is 0.215. The van der Waals surface area contributed by atoms with Crippen molar-refractivity contribution in [3.63, 3.8) is 0 Å². The number of ether oxygens (including phenoxy) is 1. The Kier molecular flexibility index (Phi) is 9.75. The molecule has 36 heavy (non-hydrogen) atoms. The van der Waals surface area contributed by atoms with Crippen LogP contribution >= 0.6 is 11.6 Å². The van der Waals surface area contributed by atoms with E-state index in [0.29, 0.717) is 31.2 Å². The fourth-order valence-corrected chi connectivity index (χ4v) is 7.51. The van der Waals surface area contributed by atoms with Gasteiger partial charge in [0, 0.05) is 56.3 Å². The lowest BCUT2D eigenvalue weighted by molar-refractivity contribution is -0.130. The van der Waals surface area contributed by atoms with Crippen molar-refractivity contribution in [3.05, 3.63) is 0 Å². The van der Waals surface area contributed by atoms with Crippen molar-refractivity contribution in [2.45, 2.75) is 99.7 Å². The molecule has 5 aliphatic rings. The number of fused-ring (bicyclic) bond motifs is 1. The van der Waals surface area contributed by atoms with Crippen LogP contribution in [0.1, 0.15) is 57.8 Å². The van der Waals surface area contributed by atoms with Crippen molar-refractivity contribution < 1.29 is 14.6 Å². The summed E-state index contributed by atoms with van der Waals surface area (Å²) < 4.78 is 5.99. The van der Waals surface area contributed by atoms with Crippen LogP contribution in [0.25, 0.3) is 0 Å². The lowest BCUT2D eigenvalue weighted by atomic mass is 9.78. The number of hydrogen-bond donors (Lipinski definition) is 7. The molecule has 3 saturated heterocycles. The lowest BCUT2D eigenvalue weighted by Crippen LogP contribution is -2.59. The summed E-state index contributed by atoms with van der Waals surface area (Å²) in [6.45, 7) is 4.02. The smallest absolute Gasteiger partial charge is 0.223 e. The highest BCUT2D eigenvalue weighted by atomic mass is 35.5. The van der Waals surface area contributed by atoms with Crippen LogP contribution in [0.5, 0.6) is 0 Å². The van der Waals surface area contributed by atoms with Crippen molar-refractivity contribution in [1.82, 2.24) is 37.0 Å². The Morgan fingerprint density at radius 3 is 2.83 bits per heavy atom. The van der Waals surface area contributed by atoms with E-state index in [1.54, 1.807) is 0 Å². The minimum Gasteiger partial charge on any atom is -0.395 e. The van der Waals surface area contributed by atoms with Gasteiger partial charge in [0.15, 0.2) is 0 Å². The molecular weight excluding hydrogens is 482 g/mol. The van der Waals surface area contributed by atoms with E-state index in [4.69, 9.17) is 16.3 Å². The van der Waals surface area contributed by atoms with Crippen LogP contribution < -0.4 is 32.1 Å². The van der Waals surface area contributed by atoms with Crippen LogP contribution in [0.2, 0.25) is 0 Å². The van der Waals surface area contributed by atoms with E-state index < -0.39 is 0 Å². The molecule has 7 N–H and O–H groups in total. The third-order valence-corrected chi connectivity index (χ3v) is 9.51. The number of carbonyl (C=O) groups is 1. The SMILES string of the molecule is O=C(N[C@@H]1CCOC2C(Cl)CCCC21)C1CCCC(NCC2NNC(C3CCNCN3)N2CCO)C1. The summed E-state index contributed by atoms with van der Waals surface area (Å²) in [7, 11) is 0. The van der Waals surface area contributed by atoms with Gasteiger partial charge in [0.05, 0.1) is 30.4 Å². The number of β-amino-alcohol motifs (C(OH)–C–C–N with tert-alkyl or cyclic N) is 1. The number of carbonyl (C=O) groups excluding carboxylic acids is 1. The van der Waals surface area contributed by atoms with Gasteiger partial charge in [-0.05, 0) is 51.5 Å². The van der Waals surface area contributed by atoms with Gasteiger partial charge in [-0.3, -0.25) is 15.0 Å². The first kappa shape index (κ1) is 27.0. The fraction of sp³-hybridized carbons (Fsp3) is 0.960. The van der Waals surface area contributed by atoms with Crippen LogP contribution in [0, 0.1) is 11.8 Å². The molecule has 3 heterocycles. The number of aliphatic hydroxyl groups excluding tert-OH is 1. The van der Waals surface area contributed by atoms with Crippen LogP contribution in [-0.2, 0) is 9.53 Å². The minimum absolute atomic E-state index is 0.0582. The van der Waals surface area contributed by atoms with Crippen LogP contribution in [0.15, 0.2) is 0 Å². The Balaban J connectivity index is 1.10. The first-order valence-corrected chi connectivity index (χ1v) is 14.7. The predicted molar refractivity (Wildman–Crippen MR) is 139 cm³/mol. The second-order valence-corrected chi connectivity index (χ2v) is 11.9. The molecule has 5 rings (SSSR count). The van der Waals surface area contributed by atoms with Gasteiger partial charge >= 0.3 is 0 Å². The number of hydrazine groups is 1. The largest absolute Gasteiger partial charge is 0.395 e.